The van der Waals surface area contributed by atoms with Crippen LogP contribution in [0.15, 0.2) is 0 Å². The molecule has 1 aromatic heterocycles. The van der Waals surface area contributed by atoms with Crippen LogP contribution in [-0.2, 0) is 11.3 Å². The second-order valence-electron chi connectivity index (χ2n) is 4.51. The highest BCUT2D eigenvalue weighted by Crippen LogP contribution is 2.22. The zero-order chi connectivity index (χ0) is 12.8. The maximum absolute atomic E-state index is 6.02. The van der Waals surface area contributed by atoms with E-state index in [1.165, 1.54) is 0 Å². The Morgan fingerprint density at radius 3 is 2.82 bits per heavy atom. The van der Waals surface area contributed by atoms with Gasteiger partial charge in [-0.15, -0.1) is 0 Å². The summed E-state index contributed by atoms with van der Waals surface area (Å²) in [5.74, 6) is 1.39. The largest absolute Gasteiger partial charge is 0.394 e. The number of nitrogens with zero attached hydrogens (tertiary/aromatic N) is 2. The molecule has 1 atom stereocenters. The predicted molar refractivity (Wildman–Crippen MR) is 71.2 cm³/mol. The zero-order valence-corrected chi connectivity index (χ0v) is 11.3. The molecule has 0 aliphatic rings. The molecule has 1 aromatic rings. The average Bonchev–Trinajstić information content (AvgIpc) is 2.54. The molecule has 0 bridgehead atoms. The molecule has 3 N–H and O–H groups in total. The minimum atomic E-state index is 0.449. The zero-order valence-electron chi connectivity index (χ0n) is 11.3. The van der Waals surface area contributed by atoms with E-state index in [2.05, 4.69) is 24.3 Å². The molecule has 0 aromatic carbocycles. The average molecular weight is 240 g/mol. The number of hydrogen-bond acceptors (Lipinski definition) is 4. The van der Waals surface area contributed by atoms with Gasteiger partial charge in [0.2, 0.25) is 0 Å². The molecule has 5 heteroatoms. The Balaban J connectivity index is 2.68. The molecule has 0 saturated carbocycles. The van der Waals surface area contributed by atoms with Gasteiger partial charge in [0.15, 0.2) is 0 Å². The maximum Gasteiger partial charge on any atom is 0.148 e. The first-order valence-corrected chi connectivity index (χ1v) is 6.15. The van der Waals surface area contributed by atoms with Gasteiger partial charge in [0.1, 0.15) is 5.82 Å². The maximum atomic E-state index is 6.02. The summed E-state index contributed by atoms with van der Waals surface area (Å²) >= 11 is 0. The molecule has 0 aliphatic carbocycles. The van der Waals surface area contributed by atoms with Crippen LogP contribution in [0.2, 0.25) is 0 Å². The number of nitrogens with two attached hydrogens (primary N) is 1. The van der Waals surface area contributed by atoms with Crippen molar-refractivity contribution in [3.8, 4) is 0 Å². The number of nitrogen functional groups attached to an aromatic ring is 1. The van der Waals surface area contributed by atoms with Crippen LogP contribution in [0.4, 0.5) is 11.5 Å². The van der Waals surface area contributed by atoms with Crippen LogP contribution >= 0.6 is 0 Å². The first-order chi connectivity index (χ1) is 8.10. The van der Waals surface area contributed by atoms with Gasteiger partial charge in [-0.3, -0.25) is 0 Å². The summed E-state index contributed by atoms with van der Waals surface area (Å²) < 4.78 is 7.06. The fourth-order valence-electron chi connectivity index (χ4n) is 1.77. The molecule has 0 radical (unpaired) electrons. The SMILES string of the molecule is CCCn1nc(C)c(N)c1NCC(C)COC. The summed E-state index contributed by atoms with van der Waals surface area (Å²) in [6.07, 6.45) is 1.04. The van der Waals surface area contributed by atoms with E-state index in [1.807, 2.05) is 11.6 Å². The minimum Gasteiger partial charge on any atom is -0.394 e. The van der Waals surface area contributed by atoms with Gasteiger partial charge in [0.05, 0.1) is 18.0 Å². The molecule has 17 heavy (non-hydrogen) atoms. The lowest BCUT2D eigenvalue weighted by Crippen LogP contribution is -2.18. The lowest BCUT2D eigenvalue weighted by molar-refractivity contribution is 0.164. The third-order valence-electron chi connectivity index (χ3n) is 2.68. The van der Waals surface area contributed by atoms with Crippen LogP contribution in [0.3, 0.4) is 0 Å². The number of nitrogens with one attached hydrogen (secondary N) is 1. The number of rotatable bonds is 7. The standard InChI is InChI=1S/C12H24N4O/c1-5-6-16-12(11(13)10(3)15-16)14-7-9(2)8-17-4/h9,14H,5-8,13H2,1-4H3. The summed E-state index contributed by atoms with van der Waals surface area (Å²) in [7, 11) is 1.72. The van der Waals surface area contributed by atoms with Crippen molar-refractivity contribution in [3.63, 3.8) is 0 Å². The molecular weight excluding hydrogens is 216 g/mol. The molecule has 5 nitrogen and oxygen atoms in total. The van der Waals surface area contributed by atoms with Crippen LogP contribution < -0.4 is 11.1 Å². The highest BCUT2D eigenvalue weighted by molar-refractivity contribution is 5.64. The van der Waals surface area contributed by atoms with Crippen LogP contribution in [0.1, 0.15) is 26.0 Å². The Morgan fingerprint density at radius 2 is 2.24 bits per heavy atom. The summed E-state index contributed by atoms with van der Waals surface area (Å²) in [5.41, 5.74) is 7.66. The van der Waals surface area contributed by atoms with Gasteiger partial charge >= 0.3 is 0 Å². The number of anilines is 2. The van der Waals surface area contributed by atoms with Gasteiger partial charge in [-0.25, -0.2) is 4.68 Å². The van der Waals surface area contributed by atoms with Gasteiger partial charge in [-0.2, -0.15) is 5.10 Å². The molecule has 98 valence electrons. The number of ether oxygens (including phenoxy) is 1. The molecule has 0 aliphatic heterocycles. The van der Waals surface area contributed by atoms with E-state index in [4.69, 9.17) is 10.5 Å². The quantitative estimate of drug-likeness (QED) is 0.763. The van der Waals surface area contributed by atoms with Crippen molar-refractivity contribution in [1.82, 2.24) is 9.78 Å². The molecule has 0 fully saturated rings. The van der Waals surface area contributed by atoms with E-state index in [0.717, 1.165) is 43.3 Å². The smallest absolute Gasteiger partial charge is 0.148 e. The topological polar surface area (TPSA) is 65.1 Å². The third kappa shape index (κ3) is 3.63. The monoisotopic (exact) mass is 240 g/mol. The van der Waals surface area contributed by atoms with Crippen molar-refractivity contribution in [2.24, 2.45) is 5.92 Å². The van der Waals surface area contributed by atoms with Crippen molar-refractivity contribution in [1.29, 1.82) is 0 Å². The molecule has 0 spiro atoms. The predicted octanol–water partition coefficient (Wildman–Crippen LogP) is 1.88. The van der Waals surface area contributed by atoms with E-state index in [0.29, 0.717) is 5.92 Å². The number of aromatic nitrogens is 2. The van der Waals surface area contributed by atoms with Crippen molar-refractivity contribution in [2.75, 3.05) is 31.3 Å². The molecule has 1 rings (SSSR count). The fourth-order valence-corrected chi connectivity index (χ4v) is 1.77. The van der Waals surface area contributed by atoms with Gasteiger partial charge in [-0.05, 0) is 19.3 Å². The van der Waals surface area contributed by atoms with E-state index in [9.17, 15) is 0 Å². The highest BCUT2D eigenvalue weighted by atomic mass is 16.5. The molecule has 0 saturated heterocycles. The molecule has 1 unspecified atom stereocenters. The van der Waals surface area contributed by atoms with Crippen LogP contribution in [0.5, 0.6) is 0 Å². The van der Waals surface area contributed by atoms with Gasteiger partial charge in [0, 0.05) is 20.2 Å². The van der Waals surface area contributed by atoms with Crippen molar-refractivity contribution in [3.05, 3.63) is 5.69 Å². The Hall–Kier alpha value is -1.23. The van der Waals surface area contributed by atoms with E-state index in [1.54, 1.807) is 7.11 Å². The first-order valence-electron chi connectivity index (χ1n) is 6.15. The van der Waals surface area contributed by atoms with Crippen LogP contribution in [-0.4, -0.2) is 30.0 Å². The van der Waals surface area contributed by atoms with E-state index in [-0.39, 0.29) is 0 Å². The normalized spacial score (nSPS) is 12.7. The summed E-state index contributed by atoms with van der Waals surface area (Å²) in [5, 5.41) is 7.79. The number of methoxy groups -OCH3 is 1. The Labute approximate surface area is 103 Å². The Kier molecular flexibility index (Phi) is 5.28. The lowest BCUT2D eigenvalue weighted by atomic mass is 10.2. The molecule has 1 heterocycles. The van der Waals surface area contributed by atoms with Crippen LogP contribution in [0, 0.1) is 12.8 Å². The van der Waals surface area contributed by atoms with Crippen molar-refractivity contribution < 1.29 is 4.74 Å². The lowest BCUT2D eigenvalue weighted by Gasteiger charge is -2.14. The van der Waals surface area contributed by atoms with E-state index < -0.39 is 0 Å². The van der Waals surface area contributed by atoms with Crippen molar-refractivity contribution in [2.45, 2.75) is 33.7 Å². The fraction of sp³-hybridized carbons (Fsp3) is 0.750. The van der Waals surface area contributed by atoms with Crippen molar-refractivity contribution >= 4 is 11.5 Å². The second-order valence-corrected chi connectivity index (χ2v) is 4.51. The Morgan fingerprint density at radius 1 is 1.53 bits per heavy atom. The number of hydrogen-bond donors (Lipinski definition) is 2. The number of aryl methyl sites for hydroxylation is 2. The highest BCUT2D eigenvalue weighted by Gasteiger charge is 2.12. The third-order valence-corrected chi connectivity index (χ3v) is 2.68. The summed E-state index contributed by atoms with van der Waals surface area (Å²) in [4.78, 5) is 0. The minimum absolute atomic E-state index is 0.449. The van der Waals surface area contributed by atoms with Gasteiger partial charge < -0.3 is 15.8 Å². The van der Waals surface area contributed by atoms with Crippen LogP contribution in [0.25, 0.3) is 0 Å². The molecular formula is C12H24N4O. The first kappa shape index (κ1) is 13.8. The second kappa shape index (κ2) is 6.49. The Bertz CT molecular complexity index is 349. The van der Waals surface area contributed by atoms with E-state index >= 15 is 0 Å². The summed E-state index contributed by atoms with van der Waals surface area (Å²) in [6, 6.07) is 0. The summed E-state index contributed by atoms with van der Waals surface area (Å²) in [6.45, 7) is 8.68. The van der Waals surface area contributed by atoms with Gasteiger partial charge in [-0.1, -0.05) is 13.8 Å². The molecule has 0 amide bonds. The van der Waals surface area contributed by atoms with Gasteiger partial charge in [0.25, 0.3) is 0 Å².